The maximum Gasteiger partial charge on any atom is 0.340 e. The highest BCUT2D eigenvalue weighted by molar-refractivity contribution is 6.07. The molecule has 5 heteroatoms. The second-order valence-electron chi connectivity index (χ2n) is 3.65. The molecule has 0 amide bonds. The maximum atomic E-state index is 11.3. The molecule has 2 rings (SSSR count). The average molecular weight is 235 g/mol. The van der Waals surface area contributed by atoms with Crippen molar-refractivity contribution >= 4 is 16.9 Å². The number of rotatable bonds is 3. The number of nitrogens with zero attached hydrogens (tertiary/aromatic N) is 1. The van der Waals surface area contributed by atoms with Crippen molar-refractivity contribution in [2.75, 3.05) is 14.2 Å². The van der Waals surface area contributed by atoms with Gasteiger partial charge in [-0.3, -0.25) is 0 Å². The Morgan fingerprint density at radius 2 is 1.94 bits per heavy atom. The van der Waals surface area contributed by atoms with E-state index in [1.54, 1.807) is 25.4 Å². The largest absolute Gasteiger partial charge is 0.496 e. The summed E-state index contributed by atoms with van der Waals surface area (Å²) < 4.78 is 12.2. The summed E-state index contributed by atoms with van der Waals surface area (Å²) in [7, 11) is 4.82. The zero-order chi connectivity index (χ0) is 12.6. The summed E-state index contributed by atoms with van der Waals surface area (Å²) in [6.45, 7) is 0. The van der Waals surface area contributed by atoms with Gasteiger partial charge < -0.3 is 19.1 Å². The third kappa shape index (κ3) is 1.60. The van der Waals surface area contributed by atoms with E-state index in [1.807, 2.05) is 11.6 Å². The number of hydrogen-bond donors (Lipinski definition) is 1. The molecular formula is C12H13NO4. The Bertz CT molecular complexity index is 586. The van der Waals surface area contributed by atoms with Crippen LogP contribution in [-0.2, 0) is 7.05 Å². The highest BCUT2D eigenvalue weighted by Gasteiger charge is 2.20. The zero-order valence-electron chi connectivity index (χ0n) is 9.85. The molecule has 5 nitrogen and oxygen atoms in total. The van der Waals surface area contributed by atoms with Crippen LogP contribution in [0.5, 0.6) is 11.5 Å². The van der Waals surface area contributed by atoms with Crippen LogP contribution in [0.25, 0.3) is 10.9 Å². The van der Waals surface area contributed by atoms with E-state index >= 15 is 0 Å². The van der Waals surface area contributed by atoms with Crippen LogP contribution in [-0.4, -0.2) is 29.9 Å². The van der Waals surface area contributed by atoms with E-state index in [1.165, 1.54) is 7.11 Å². The fourth-order valence-corrected chi connectivity index (χ4v) is 1.97. The van der Waals surface area contributed by atoms with Gasteiger partial charge in [-0.25, -0.2) is 4.79 Å². The minimum atomic E-state index is -1.01. The number of aromatic carboxylic acids is 1. The van der Waals surface area contributed by atoms with E-state index in [4.69, 9.17) is 9.47 Å². The first-order valence-corrected chi connectivity index (χ1v) is 5.03. The number of methoxy groups -OCH3 is 2. The summed E-state index contributed by atoms with van der Waals surface area (Å²) >= 11 is 0. The summed E-state index contributed by atoms with van der Waals surface area (Å²) in [4.78, 5) is 11.3. The topological polar surface area (TPSA) is 60.7 Å². The van der Waals surface area contributed by atoms with Gasteiger partial charge in [-0.15, -0.1) is 0 Å². The fraction of sp³-hybridized carbons (Fsp3) is 0.250. The normalized spacial score (nSPS) is 10.5. The predicted molar refractivity (Wildman–Crippen MR) is 63.0 cm³/mol. The van der Waals surface area contributed by atoms with Crippen molar-refractivity contribution in [1.29, 1.82) is 0 Å². The molecule has 0 aliphatic carbocycles. The summed E-state index contributed by atoms with van der Waals surface area (Å²) in [5.41, 5.74) is 0.898. The van der Waals surface area contributed by atoms with Gasteiger partial charge in [0, 0.05) is 24.7 Å². The third-order valence-electron chi connectivity index (χ3n) is 2.74. The van der Waals surface area contributed by atoms with E-state index < -0.39 is 5.97 Å². The van der Waals surface area contributed by atoms with Crippen LogP contribution in [0.15, 0.2) is 18.3 Å². The zero-order valence-corrected chi connectivity index (χ0v) is 9.85. The summed E-state index contributed by atoms with van der Waals surface area (Å²) in [5, 5.41) is 9.85. The number of ether oxygens (including phenoxy) is 2. The lowest BCUT2D eigenvalue weighted by Gasteiger charge is -2.11. The van der Waals surface area contributed by atoms with Gasteiger partial charge in [0.15, 0.2) is 0 Å². The number of benzene rings is 1. The van der Waals surface area contributed by atoms with E-state index in [0.29, 0.717) is 16.9 Å². The Balaban J connectivity index is 2.92. The van der Waals surface area contributed by atoms with E-state index in [9.17, 15) is 9.90 Å². The molecule has 1 N–H and O–H groups in total. The first-order valence-electron chi connectivity index (χ1n) is 5.03. The number of carbonyl (C=O) groups is 1. The van der Waals surface area contributed by atoms with Crippen LogP contribution in [0, 0.1) is 0 Å². The number of fused-ring (bicyclic) bond motifs is 1. The monoisotopic (exact) mass is 235 g/mol. The highest BCUT2D eigenvalue weighted by atomic mass is 16.5. The molecule has 0 aliphatic rings. The van der Waals surface area contributed by atoms with E-state index in [-0.39, 0.29) is 5.56 Å². The Labute approximate surface area is 98.2 Å². The Morgan fingerprint density at radius 1 is 1.29 bits per heavy atom. The molecule has 1 heterocycles. The number of carboxylic acids is 1. The SMILES string of the molecule is COc1cc(OC)c2c(ccn2C)c1C(=O)O. The van der Waals surface area contributed by atoms with Crippen LogP contribution in [0.3, 0.4) is 0 Å². The van der Waals surface area contributed by atoms with Crippen molar-refractivity contribution in [1.82, 2.24) is 4.57 Å². The van der Waals surface area contributed by atoms with Gasteiger partial charge in [0.05, 0.1) is 19.7 Å². The lowest BCUT2D eigenvalue weighted by Crippen LogP contribution is -2.03. The average Bonchev–Trinajstić information content (AvgIpc) is 2.69. The number of hydrogen-bond acceptors (Lipinski definition) is 3. The molecule has 0 aliphatic heterocycles. The minimum absolute atomic E-state index is 0.156. The van der Waals surface area contributed by atoms with Crippen molar-refractivity contribution in [2.24, 2.45) is 7.05 Å². The summed E-state index contributed by atoms with van der Waals surface area (Å²) in [6, 6.07) is 3.33. The molecule has 0 bridgehead atoms. The van der Waals surface area contributed by atoms with Crippen molar-refractivity contribution in [3.05, 3.63) is 23.9 Å². The van der Waals surface area contributed by atoms with Gasteiger partial charge in [0.1, 0.15) is 17.1 Å². The van der Waals surface area contributed by atoms with Crippen LogP contribution in [0.1, 0.15) is 10.4 Å². The lowest BCUT2D eigenvalue weighted by molar-refractivity contribution is 0.0695. The van der Waals surface area contributed by atoms with Crippen molar-refractivity contribution in [3.63, 3.8) is 0 Å². The molecule has 0 radical (unpaired) electrons. The second kappa shape index (κ2) is 4.01. The van der Waals surface area contributed by atoms with Gasteiger partial charge in [0.2, 0.25) is 0 Å². The smallest absolute Gasteiger partial charge is 0.340 e. The molecule has 90 valence electrons. The number of aryl methyl sites for hydroxylation is 1. The van der Waals surface area contributed by atoms with Gasteiger partial charge in [0.25, 0.3) is 0 Å². The molecule has 2 aromatic rings. The fourth-order valence-electron chi connectivity index (χ4n) is 1.97. The number of carboxylic acid groups (broad SMARTS) is 1. The first kappa shape index (κ1) is 11.3. The van der Waals surface area contributed by atoms with Crippen LogP contribution in [0.4, 0.5) is 0 Å². The van der Waals surface area contributed by atoms with Crippen LogP contribution in [0.2, 0.25) is 0 Å². The molecular weight excluding hydrogens is 222 g/mol. The molecule has 0 spiro atoms. The number of aromatic nitrogens is 1. The van der Waals surface area contributed by atoms with Crippen molar-refractivity contribution in [2.45, 2.75) is 0 Å². The van der Waals surface area contributed by atoms with Gasteiger partial charge in [-0.2, -0.15) is 0 Å². The molecule has 0 saturated heterocycles. The summed E-state index contributed by atoms with van der Waals surface area (Å²) in [6.07, 6.45) is 1.79. The molecule has 1 aromatic heterocycles. The Kier molecular flexibility index (Phi) is 2.67. The Hall–Kier alpha value is -2.17. The quantitative estimate of drug-likeness (QED) is 0.882. The standard InChI is InChI=1S/C12H13NO4/c1-13-5-4-7-10(12(14)15)8(16-2)6-9(17-3)11(7)13/h4-6H,1-3H3,(H,14,15). The lowest BCUT2D eigenvalue weighted by atomic mass is 10.1. The Morgan fingerprint density at radius 3 is 2.47 bits per heavy atom. The maximum absolute atomic E-state index is 11.3. The van der Waals surface area contributed by atoms with Crippen LogP contribution < -0.4 is 9.47 Å². The molecule has 0 saturated carbocycles. The van der Waals surface area contributed by atoms with E-state index in [0.717, 1.165) is 5.52 Å². The first-order chi connectivity index (χ1) is 8.10. The minimum Gasteiger partial charge on any atom is -0.496 e. The molecule has 1 aromatic carbocycles. The van der Waals surface area contributed by atoms with Gasteiger partial charge in [-0.1, -0.05) is 0 Å². The van der Waals surface area contributed by atoms with Gasteiger partial charge in [-0.05, 0) is 6.07 Å². The highest BCUT2D eigenvalue weighted by Crippen LogP contribution is 2.36. The molecule has 0 atom stereocenters. The summed E-state index contributed by atoms with van der Waals surface area (Å²) in [5.74, 6) is -0.122. The predicted octanol–water partition coefficient (Wildman–Crippen LogP) is 1.89. The third-order valence-corrected chi connectivity index (χ3v) is 2.74. The van der Waals surface area contributed by atoms with E-state index in [2.05, 4.69) is 0 Å². The van der Waals surface area contributed by atoms with Crippen molar-refractivity contribution < 1.29 is 19.4 Å². The molecule has 0 fully saturated rings. The van der Waals surface area contributed by atoms with Crippen molar-refractivity contribution in [3.8, 4) is 11.5 Å². The van der Waals surface area contributed by atoms with Gasteiger partial charge >= 0.3 is 5.97 Å². The second-order valence-corrected chi connectivity index (χ2v) is 3.65. The molecule has 17 heavy (non-hydrogen) atoms. The molecule has 0 unspecified atom stereocenters. The van der Waals surface area contributed by atoms with Crippen LogP contribution >= 0.6 is 0 Å².